The van der Waals surface area contributed by atoms with Crippen molar-refractivity contribution < 1.29 is 14.2 Å². The number of thiol groups is 1. The number of methoxy groups -OCH3 is 3. The minimum Gasteiger partial charge on any atom is -0.496 e. The summed E-state index contributed by atoms with van der Waals surface area (Å²) >= 11 is 4.21. The van der Waals surface area contributed by atoms with Crippen LogP contribution in [0.1, 0.15) is 5.56 Å². The molecule has 0 aromatic heterocycles. The molecule has 0 amide bonds. The van der Waals surface area contributed by atoms with Crippen molar-refractivity contribution >= 4 is 12.6 Å². The van der Waals surface area contributed by atoms with Gasteiger partial charge >= 0.3 is 0 Å². The molecule has 84 valence electrons. The van der Waals surface area contributed by atoms with Gasteiger partial charge in [-0.05, 0) is 12.2 Å². The van der Waals surface area contributed by atoms with Gasteiger partial charge in [-0.15, -0.1) is 0 Å². The first-order valence-electron chi connectivity index (χ1n) is 4.66. The summed E-state index contributed by atoms with van der Waals surface area (Å²) in [7, 11) is 4.89. The molecule has 0 saturated heterocycles. The van der Waals surface area contributed by atoms with Crippen LogP contribution in [0.5, 0.6) is 17.2 Å². The summed E-state index contributed by atoms with van der Waals surface area (Å²) in [5.74, 6) is 3.03. The summed E-state index contributed by atoms with van der Waals surface area (Å²) in [5.41, 5.74) is 1.02. The Hall–Kier alpha value is -1.03. The lowest BCUT2D eigenvalue weighted by atomic mass is 10.1. The highest BCUT2D eigenvalue weighted by molar-refractivity contribution is 7.80. The molecule has 0 unspecified atom stereocenters. The zero-order chi connectivity index (χ0) is 11.3. The third-order valence-electron chi connectivity index (χ3n) is 2.18. The summed E-state index contributed by atoms with van der Waals surface area (Å²) in [4.78, 5) is 0. The largest absolute Gasteiger partial charge is 0.496 e. The monoisotopic (exact) mass is 228 g/mol. The summed E-state index contributed by atoms with van der Waals surface area (Å²) in [5, 5.41) is 0. The van der Waals surface area contributed by atoms with E-state index >= 15 is 0 Å². The van der Waals surface area contributed by atoms with Gasteiger partial charge < -0.3 is 14.2 Å². The number of rotatable bonds is 5. The van der Waals surface area contributed by atoms with Crippen LogP contribution in [0.4, 0.5) is 0 Å². The lowest BCUT2D eigenvalue weighted by Crippen LogP contribution is -1.99. The van der Waals surface area contributed by atoms with E-state index in [1.54, 1.807) is 21.3 Å². The van der Waals surface area contributed by atoms with Crippen LogP contribution in [-0.2, 0) is 6.42 Å². The van der Waals surface area contributed by atoms with Crippen LogP contribution in [0.15, 0.2) is 12.1 Å². The van der Waals surface area contributed by atoms with Crippen molar-refractivity contribution in [3.8, 4) is 17.2 Å². The van der Waals surface area contributed by atoms with Crippen molar-refractivity contribution in [3.63, 3.8) is 0 Å². The Labute approximate surface area is 95.8 Å². The number of hydrogen-bond donors (Lipinski definition) is 1. The minimum absolute atomic E-state index is 0.728. The second-order valence-electron chi connectivity index (χ2n) is 2.98. The lowest BCUT2D eigenvalue weighted by Gasteiger charge is -2.14. The first kappa shape index (κ1) is 12.0. The molecule has 0 radical (unpaired) electrons. The second kappa shape index (κ2) is 5.75. The number of benzene rings is 1. The van der Waals surface area contributed by atoms with Gasteiger partial charge in [-0.25, -0.2) is 0 Å². The molecule has 0 saturated carbocycles. The molecule has 0 atom stereocenters. The predicted octanol–water partition coefficient (Wildman–Crippen LogP) is 2.18. The smallest absolute Gasteiger partial charge is 0.129 e. The van der Waals surface area contributed by atoms with Crippen molar-refractivity contribution in [2.45, 2.75) is 6.42 Å². The predicted molar refractivity (Wildman–Crippen MR) is 63.7 cm³/mol. The molecule has 0 fully saturated rings. The second-order valence-corrected chi connectivity index (χ2v) is 3.43. The molecule has 0 aliphatic heterocycles. The average Bonchev–Trinajstić information content (AvgIpc) is 2.29. The molecule has 0 N–H and O–H groups in total. The third kappa shape index (κ3) is 2.72. The maximum Gasteiger partial charge on any atom is 0.129 e. The van der Waals surface area contributed by atoms with E-state index in [4.69, 9.17) is 14.2 Å². The van der Waals surface area contributed by atoms with Gasteiger partial charge in [-0.1, -0.05) is 0 Å². The Bertz CT molecular complexity index is 301. The first-order valence-corrected chi connectivity index (χ1v) is 5.29. The van der Waals surface area contributed by atoms with E-state index in [1.165, 1.54) is 0 Å². The molecule has 0 aliphatic carbocycles. The molecular weight excluding hydrogens is 212 g/mol. The Kier molecular flexibility index (Phi) is 4.62. The van der Waals surface area contributed by atoms with E-state index < -0.39 is 0 Å². The van der Waals surface area contributed by atoms with Gasteiger partial charge in [0.2, 0.25) is 0 Å². The summed E-state index contributed by atoms with van der Waals surface area (Å²) in [6.07, 6.45) is 0.805. The summed E-state index contributed by atoms with van der Waals surface area (Å²) < 4.78 is 15.7. The summed E-state index contributed by atoms with van der Waals surface area (Å²) in [6.45, 7) is 0. The lowest BCUT2D eigenvalue weighted by molar-refractivity contribution is 0.369. The molecule has 0 spiro atoms. The van der Waals surface area contributed by atoms with Crippen molar-refractivity contribution in [2.75, 3.05) is 27.1 Å². The highest BCUT2D eigenvalue weighted by atomic mass is 32.1. The van der Waals surface area contributed by atoms with Crippen molar-refractivity contribution in [1.29, 1.82) is 0 Å². The van der Waals surface area contributed by atoms with Crippen molar-refractivity contribution in [3.05, 3.63) is 17.7 Å². The molecule has 1 aromatic rings. The van der Waals surface area contributed by atoms with Gasteiger partial charge in [-0.3, -0.25) is 0 Å². The SMILES string of the molecule is COc1cc(OC)c(CCS)c(OC)c1. The average molecular weight is 228 g/mol. The van der Waals surface area contributed by atoms with Crippen LogP contribution < -0.4 is 14.2 Å². The van der Waals surface area contributed by atoms with Gasteiger partial charge in [0, 0.05) is 17.7 Å². The van der Waals surface area contributed by atoms with Crippen LogP contribution >= 0.6 is 12.6 Å². The molecule has 1 rings (SSSR count). The van der Waals surface area contributed by atoms with E-state index in [1.807, 2.05) is 12.1 Å². The Balaban J connectivity index is 3.19. The highest BCUT2D eigenvalue weighted by Gasteiger charge is 2.11. The van der Waals surface area contributed by atoms with Crippen LogP contribution in [0.2, 0.25) is 0 Å². The van der Waals surface area contributed by atoms with Gasteiger partial charge in [0.25, 0.3) is 0 Å². The Morgan fingerprint density at radius 2 is 1.53 bits per heavy atom. The maximum absolute atomic E-state index is 5.29. The van der Waals surface area contributed by atoms with Crippen LogP contribution in [0.3, 0.4) is 0 Å². The molecule has 3 nitrogen and oxygen atoms in total. The van der Waals surface area contributed by atoms with E-state index in [0.29, 0.717) is 0 Å². The van der Waals surface area contributed by atoms with Gasteiger partial charge in [0.15, 0.2) is 0 Å². The fourth-order valence-corrected chi connectivity index (χ4v) is 1.66. The molecule has 15 heavy (non-hydrogen) atoms. The maximum atomic E-state index is 5.29. The van der Waals surface area contributed by atoms with Crippen LogP contribution in [0.25, 0.3) is 0 Å². The van der Waals surface area contributed by atoms with Crippen LogP contribution in [-0.4, -0.2) is 27.1 Å². The highest BCUT2D eigenvalue weighted by Crippen LogP contribution is 2.34. The quantitative estimate of drug-likeness (QED) is 0.783. The first-order chi connectivity index (χ1) is 7.26. The van der Waals surface area contributed by atoms with E-state index in [0.717, 1.165) is 35.0 Å². The normalized spacial score (nSPS) is 9.87. The van der Waals surface area contributed by atoms with Gasteiger partial charge in [0.05, 0.1) is 21.3 Å². The molecule has 4 heteroatoms. The molecule has 0 bridgehead atoms. The number of hydrogen-bond acceptors (Lipinski definition) is 4. The fourth-order valence-electron chi connectivity index (χ4n) is 1.44. The van der Waals surface area contributed by atoms with Crippen molar-refractivity contribution in [2.24, 2.45) is 0 Å². The van der Waals surface area contributed by atoms with Gasteiger partial charge in [0.1, 0.15) is 17.2 Å². The zero-order valence-corrected chi connectivity index (χ0v) is 10.1. The van der Waals surface area contributed by atoms with E-state index in [-0.39, 0.29) is 0 Å². The minimum atomic E-state index is 0.728. The Morgan fingerprint density at radius 1 is 1.00 bits per heavy atom. The van der Waals surface area contributed by atoms with Gasteiger partial charge in [-0.2, -0.15) is 12.6 Å². The summed E-state index contributed by atoms with van der Waals surface area (Å²) in [6, 6.07) is 3.70. The van der Waals surface area contributed by atoms with Crippen LogP contribution in [0, 0.1) is 0 Å². The zero-order valence-electron chi connectivity index (χ0n) is 9.24. The standard InChI is InChI=1S/C11H16O3S/c1-12-8-6-10(13-2)9(4-5-15)11(7-8)14-3/h6-7,15H,4-5H2,1-3H3. The topological polar surface area (TPSA) is 27.7 Å². The Morgan fingerprint density at radius 3 is 1.87 bits per heavy atom. The van der Waals surface area contributed by atoms with E-state index in [9.17, 15) is 0 Å². The number of ether oxygens (including phenoxy) is 3. The molecule has 0 heterocycles. The molecular formula is C11H16O3S. The molecule has 0 aliphatic rings. The fraction of sp³-hybridized carbons (Fsp3) is 0.455. The van der Waals surface area contributed by atoms with E-state index in [2.05, 4.69) is 12.6 Å². The van der Waals surface area contributed by atoms with Crippen molar-refractivity contribution in [1.82, 2.24) is 0 Å². The third-order valence-corrected chi connectivity index (χ3v) is 2.40. The molecule has 1 aromatic carbocycles.